The molecule has 0 spiro atoms. The highest BCUT2D eigenvalue weighted by atomic mass is 32.2. The minimum atomic E-state index is -3.37. The predicted octanol–water partition coefficient (Wildman–Crippen LogP) is -0.0466. The number of rotatable bonds is 5. The number of benzene rings is 1. The van der Waals surface area contributed by atoms with Crippen LogP contribution < -0.4 is 10.6 Å². The van der Waals surface area contributed by atoms with E-state index < -0.39 is 15.9 Å². The molecule has 0 aromatic heterocycles. The van der Waals surface area contributed by atoms with Crippen LogP contribution in [0.4, 0.5) is 0 Å². The molecule has 1 amide bonds. The Morgan fingerprint density at radius 1 is 1.38 bits per heavy atom. The molecular formula is C14H20N2O4S. The molecule has 1 aliphatic rings. The van der Waals surface area contributed by atoms with Gasteiger partial charge in [0, 0.05) is 13.1 Å². The summed E-state index contributed by atoms with van der Waals surface area (Å²) in [5.74, 6) is -0.351. The fraction of sp³-hybridized carbons (Fsp3) is 0.500. The Bertz CT molecular complexity index is 574. The SMILES string of the molecule is C[C@H]1OCCN[C@@H]1C(=O)NCCS(=O)(=O)c1ccccc1. The Hall–Kier alpha value is -1.44. The zero-order valence-corrected chi connectivity index (χ0v) is 12.7. The number of morpholine rings is 1. The van der Waals surface area contributed by atoms with Gasteiger partial charge < -0.3 is 15.4 Å². The molecule has 116 valence electrons. The van der Waals surface area contributed by atoms with Crippen LogP contribution in [0.15, 0.2) is 35.2 Å². The van der Waals surface area contributed by atoms with Gasteiger partial charge in [-0.2, -0.15) is 0 Å². The molecule has 0 bridgehead atoms. The molecule has 1 aromatic carbocycles. The van der Waals surface area contributed by atoms with Crippen molar-refractivity contribution in [3.05, 3.63) is 30.3 Å². The van der Waals surface area contributed by atoms with Gasteiger partial charge in [-0.15, -0.1) is 0 Å². The number of nitrogens with one attached hydrogen (secondary N) is 2. The Kier molecular flexibility index (Phi) is 5.33. The molecule has 0 aliphatic carbocycles. The molecule has 1 saturated heterocycles. The van der Waals surface area contributed by atoms with Gasteiger partial charge in [-0.1, -0.05) is 18.2 Å². The first kappa shape index (κ1) is 15.9. The van der Waals surface area contributed by atoms with Crippen LogP contribution in [0.5, 0.6) is 0 Å². The summed E-state index contributed by atoms with van der Waals surface area (Å²) in [6.45, 7) is 3.09. The molecule has 6 nitrogen and oxygen atoms in total. The zero-order chi connectivity index (χ0) is 15.3. The van der Waals surface area contributed by atoms with E-state index in [1.165, 1.54) is 0 Å². The van der Waals surface area contributed by atoms with Crippen molar-refractivity contribution in [3.63, 3.8) is 0 Å². The lowest BCUT2D eigenvalue weighted by Crippen LogP contribution is -2.55. The smallest absolute Gasteiger partial charge is 0.239 e. The molecule has 1 aromatic rings. The third-order valence-corrected chi connectivity index (χ3v) is 5.10. The summed E-state index contributed by atoms with van der Waals surface area (Å²) in [6, 6.07) is 7.79. The van der Waals surface area contributed by atoms with Gasteiger partial charge in [0.1, 0.15) is 6.04 Å². The molecule has 0 radical (unpaired) electrons. The molecule has 2 rings (SSSR count). The fourth-order valence-corrected chi connectivity index (χ4v) is 3.37. The molecule has 2 atom stereocenters. The molecule has 1 fully saturated rings. The average molecular weight is 312 g/mol. The summed E-state index contributed by atoms with van der Waals surface area (Å²) in [5, 5.41) is 5.71. The summed E-state index contributed by atoms with van der Waals surface area (Å²) >= 11 is 0. The normalized spacial score (nSPS) is 22.7. The molecule has 2 N–H and O–H groups in total. The van der Waals surface area contributed by atoms with E-state index in [-0.39, 0.29) is 29.2 Å². The van der Waals surface area contributed by atoms with Crippen LogP contribution >= 0.6 is 0 Å². The van der Waals surface area contributed by atoms with Crippen molar-refractivity contribution in [2.45, 2.75) is 24.0 Å². The van der Waals surface area contributed by atoms with Crippen LogP contribution in [0.1, 0.15) is 6.92 Å². The minimum Gasteiger partial charge on any atom is -0.375 e. The number of ether oxygens (including phenoxy) is 1. The highest BCUT2D eigenvalue weighted by Gasteiger charge is 2.28. The maximum absolute atomic E-state index is 12.1. The largest absolute Gasteiger partial charge is 0.375 e. The molecule has 21 heavy (non-hydrogen) atoms. The number of hydrogen-bond donors (Lipinski definition) is 2. The maximum atomic E-state index is 12.1. The second kappa shape index (κ2) is 7.02. The van der Waals surface area contributed by atoms with E-state index in [2.05, 4.69) is 10.6 Å². The lowest BCUT2D eigenvalue weighted by Gasteiger charge is -2.29. The molecule has 0 saturated carbocycles. The van der Waals surface area contributed by atoms with Crippen molar-refractivity contribution in [3.8, 4) is 0 Å². The first-order valence-electron chi connectivity index (χ1n) is 6.91. The van der Waals surface area contributed by atoms with Gasteiger partial charge in [-0.05, 0) is 19.1 Å². The van der Waals surface area contributed by atoms with Crippen molar-refractivity contribution in [1.29, 1.82) is 0 Å². The quantitative estimate of drug-likeness (QED) is 0.796. The highest BCUT2D eigenvalue weighted by Crippen LogP contribution is 2.09. The number of carbonyl (C=O) groups excluding carboxylic acids is 1. The van der Waals surface area contributed by atoms with Crippen LogP contribution in [-0.4, -0.2) is 51.9 Å². The van der Waals surface area contributed by atoms with Gasteiger partial charge in [-0.3, -0.25) is 4.79 Å². The lowest BCUT2D eigenvalue weighted by molar-refractivity contribution is -0.128. The van der Waals surface area contributed by atoms with E-state index in [0.717, 1.165) is 0 Å². The lowest BCUT2D eigenvalue weighted by atomic mass is 10.1. The summed E-state index contributed by atoms with van der Waals surface area (Å²) < 4.78 is 29.5. The van der Waals surface area contributed by atoms with E-state index in [0.29, 0.717) is 13.2 Å². The fourth-order valence-electron chi connectivity index (χ4n) is 2.19. The number of carbonyl (C=O) groups is 1. The number of amides is 1. The molecule has 1 heterocycles. The van der Waals surface area contributed by atoms with Crippen molar-refractivity contribution >= 4 is 15.7 Å². The third-order valence-electron chi connectivity index (χ3n) is 3.37. The van der Waals surface area contributed by atoms with Gasteiger partial charge >= 0.3 is 0 Å². The molecular weight excluding hydrogens is 292 g/mol. The molecule has 7 heteroatoms. The minimum absolute atomic E-state index is 0.0843. The van der Waals surface area contributed by atoms with Crippen molar-refractivity contribution < 1.29 is 17.9 Å². The first-order chi connectivity index (χ1) is 10.0. The van der Waals surface area contributed by atoms with Crippen molar-refractivity contribution in [1.82, 2.24) is 10.6 Å². The standard InChI is InChI=1S/C14H20N2O4S/c1-11-13(15-7-9-20-11)14(17)16-8-10-21(18,19)12-5-3-2-4-6-12/h2-6,11,13,15H,7-10H2,1H3,(H,16,17)/t11-,13+/m1/s1. The van der Waals surface area contributed by atoms with Gasteiger partial charge in [0.05, 0.1) is 23.4 Å². The Balaban J connectivity index is 1.85. The summed E-state index contributed by atoms with van der Waals surface area (Å²) in [6.07, 6.45) is -0.218. The van der Waals surface area contributed by atoms with Gasteiger partial charge in [0.15, 0.2) is 9.84 Å². The van der Waals surface area contributed by atoms with Gasteiger partial charge in [0.25, 0.3) is 0 Å². The average Bonchev–Trinajstić information content (AvgIpc) is 2.48. The first-order valence-corrected chi connectivity index (χ1v) is 8.56. The van der Waals surface area contributed by atoms with E-state index in [9.17, 15) is 13.2 Å². The second-order valence-electron chi connectivity index (χ2n) is 4.93. The van der Waals surface area contributed by atoms with Gasteiger partial charge in [0.2, 0.25) is 5.91 Å². The summed E-state index contributed by atoms with van der Waals surface area (Å²) in [4.78, 5) is 12.3. The van der Waals surface area contributed by atoms with Gasteiger partial charge in [-0.25, -0.2) is 8.42 Å². The number of sulfone groups is 1. The van der Waals surface area contributed by atoms with E-state index in [1.54, 1.807) is 30.3 Å². The van der Waals surface area contributed by atoms with Crippen LogP contribution in [-0.2, 0) is 19.4 Å². The predicted molar refractivity (Wildman–Crippen MR) is 78.7 cm³/mol. The van der Waals surface area contributed by atoms with E-state index >= 15 is 0 Å². The monoisotopic (exact) mass is 312 g/mol. The highest BCUT2D eigenvalue weighted by molar-refractivity contribution is 7.91. The Labute approximate surface area is 124 Å². The van der Waals surface area contributed by atoms with Crippen LogP contribution in [0, 0.1) is 0 Å². The van der Waals surface area contributed by atoms with Crippen LogP contribution in [0.25, 0.3) is 0 Å². The topological polar surface area (TPSA) is 84.5 Å². The van der Waals surface area contributed by atoms with Crippen LogP contribution in [0.2, 0.25) is 0 Å². The van der Waals surface area contributed by atoms with E-state index in [1.807, 2.05) is 6.92 Å². The third kappa shape index (κ3) is 4.26. The molecule has 0 unspecified atom stereocenters. The Morgan fingerprint density at radius 2 is 2.10 bits per heavy atom. The van der Waals surface area contributed by atoms with Crippen molar-refractivity contribution in [2.24, 2.45) is 0 Å². The Morgan fingerprint density at radius 3 is 2.76 bits per heavy atom. The van der Waals surface area contributed by atoms with E-state index in [4.69, 9.17) is 4.74 Å². The zero-order valence-electron chi connectivity index (χ0n) is 11.9. The second-order valence-corrected chi connectivity index (χ2v) is 7.04. The maximum Gasteiger partial charge on any atom is 0.239 e. The molecule has 1 aliphatic heterocycles. The summed E-state index contributed by atoms with van der Waals surface area (Å²) in [5.41, 5.74) is 0. The summed E-state index contributed by atoms with van der Waals surface area (Å²) in [7, 11) is -3.37. The van der Waals surface area contributed by atoms with Crippen LogP contribution in [0.3, 0.4) is 0 Å². The number of hydrogen-bond acceptors (Lipinski definition) is 5. The van der Waals surface area contributed by atoms with Crippen molar-refractivity contribution in [2.75, 3.05) is 25.4 Å².